The fourth-order valence-corrected chi connectivity index (χ4v) is 6.13. The molecule has 0 bridgehead atoms. The van der Waals surface area contributed by atoms with Crippen LogP contribution in [0.1, 0.15) is 19.5 Å². The lowest BCUT2D eigenvalue weighted by Crippen LogP contribution is -1.64. The van der Waals surface area contributed by atoms with Gasteiger partial charge in [0.2, 0.25) is 0 Å². The summed E-state index contributed by atoms with van der Waals surface area (Å²) in [6, 6.07) is 17.7. The highest BCUT2D eigenvalue weighted by Gasteiger charge is 2.07. The Morgan fingerprint density at radius 1 is 0.538 bits per heavy atom. The third-order valence-electron chi connectivity index (χ3n) is 4.15. The van der Waals surface area contributed by atoms with Crippen molar-refractivity contribution in [2.45, 2.75) is 0 Å². The Morgan fingerprint density at radius 3 is 1.42 bits per heavy atom. The summed E-state index contributed by atoms with van der Waals surface area (Å²) in [5, 5.41) is 6.96. The van der Waals surface area contributed by atoms with Gasteiger partial charge >= 0.3 is 0 Å². The van der Waals surface area contributed by atoms with Crippen LogP contribution in [-0.2, 0) is 0 Å². The Hall–Kier alpha value is -1.98. The Bertz CT molecular complexity index is 1110. The minimum absolute atomic E-state index is 1.30. The van der Waals surface area contributed by atoms with E-state index in [9.17, 15) is 0 Å². The van der Waals surface area contributed by atoms with Gasteiger partial charge in [-0.1, -0.05) is 12.1 Å². The number of hydrogen-bond donors (Lipinski definition) is 0. The summed E-state index contributed by atoms with van der Waals surface area (Å²) < 4.78 is 2.71. The van der Waals surface area contributed by atoms with Gasteiger partial charge in [-0.15, -0.1) is 45.3 Å². The first-order valence-electron chi connectivity index (χ1n) is 8.24. The van der Waals surface area contributed by atoms with Crippen LogP contribution < -0.4 is 0 Å². The Morgan fingerprint density at radius 2 is 1.00 bits per heavy atom. The van der Waals surface area contributed by atoms with Crippen molar-refractivity contribution in [2.24, 2.45) is 0 Å². The van der Waals surface area contributed by atoms with Crippen molar-refractivity contribution in [1.82, 2.24) is 0 Å². The van der Waals surface area contributed by atoms with Gasteiger partial charge in [0.1, 0.15) is 0 Å². The Balaban J connectivity index is 1.52. The van der Waals surface area contributed by atoms with E-state index >= 15 is 0 Å². The second-order valence-corrected chi connectivity index (χ2v) is 10.1. The van der Waals surface area contributed by atoms with Crippen molar-refractivity contribution in [2.75, 3.05) is 0 Å². The van der Waals surface area contributed by atoms with Crippen LogP contribution in [0.3, 0.4) is 0 Å². The molecule has 4 aromatic heterocycles. The van der Waals surface area contributed by atoms with Crippen LogP contribution in [0.25, 0.3) is 44.5 Å². The fourth-order valence-electron chi connectivity index (χ4n) is 2.93. The van der Waals surface area contributed by atoms with Gasteiger partial charge in [0, 0.05) is 39.7 Å². The third kappa shape index (κ3) is 3.21. The second-order valence-electron chi connectivity index (χ2n) is 5.88. The highest BCUT2D eigenvalue weighted by Crippen LogP contribution is 2.37. The lowest BCUT2D eigenvalue weighted by molar-refractivity contribution is 1.95. The van der Waals surface area contributed by atoms with E-state index in [0.29, 0.717) is 0 Å². The van der Waals surface area contributed by atoms with Gasteiger partial charge in [-0.3, -0.25) is 0 Å². The van der Waals surface area contributed by atoms with E-state index < -0.39 is 0 Å². The van der Waals surface area contributed by atoms with Gasteiger partial charge < -0.3 is 0 Å². The molecule has 0 saturated heterocycles. The molecule has 1 aromatic carbocycles. The van der Waals surface area contributed by atoms with Crippen LogP contribution in [0.5, 0.6) is 0 Å². The normalized spacial score (nSPS) is 12.3. The zero-order valence-corrected chi connectivity index (χ0v) is 17.0. The average molecular weight is 407 g/mol. The Kier molecular flexibility index (Phi) is 4.35. The number of fused-ring (bicyclic) bond motifs is 3. The molecule has 5 aromatic rings. The van der Waals surface area contributed by atoms with Crippen LogP contribution in [0.4, 0.5) is 0 Å². The fraction of sp³-hybridized carbons (Fsp3) is 0. The monoisotopic (exact) mass is 406 g/mol. The van der Waals surface area contributed by atoms with Crippen LogP contribution in [0.2, 0.25) is 0 Å². The Labute approximate surface area is 168 Å². The van der Waals surface area contributed by atoms with E-state index in [1.807, 2.05) is 22.7 Å². The first-order valence-corrected chi connectivity index (χ1v) is 11.6. The quantitative estimate of drug-likeness (QED) is 0.280. The van der Waals surface area contributed by atoms with Crippen LogP contribution in [-0.4, -0.2) is 0 Å². The molecule has 5 rings (SSSR count). The molecule has 0 nitrogen and oxygen atoms in total. The molecule has 4 heterocycles. The minimum atomic E-state index is 1.30. The van der Waals surface area contributed by atoms with E-state index in [1.165, 1.54) is 39.7 Å². The summed E-state index contributed by atoms with van der Waals surface area (Å²) in [6.07, 6.45) is 8.86. The van der Waals surface area contributed by atoms with Crippen LogP contribution in [0.15, 0.2) is 59.3 Å². The lowest BCUT2D eigenvalue weighted by Gasteiger charge is -1.90. The maximum absolute atomic E-state index is 2.33. The minimum Gasteiger partial charge on any atom is -0.144 e. The molecular weight excluding hydrogens is 393 g/mol. The predicted molar refractivity (Wildman–Crippen MR) is 124 cm³/mol. The number of hydrogen-bond acceptors (Lipinski definition) is 4. The van der Waals surface area contributed by atoms with Crippen molar-refractivity contribution >= 4 is 89.8 Å². The highest BCUT2D eigenvalue weighted by atomic mass is 32.1. The summed E-state index contributed by atoms with van der Waals surface area (Å²) in [7, 11) is 0. The first-order chi connectivity index (χ1) is 12.8. The zero-order valence-electron chi connectivity index (χ0n) is 13.7. The summed E-state index contributed by atoms with van der Waals surface area (Å²) in [4.78, 5) is 5.21. The summed E-state index contributed by atoms with van der Waals surface area (Å²) >= 11 is 7.27. The summed E-state index contributed by atoms with van der Waals surface area (Å²) in [5.74, 6) is 0. The molecule has 0 amide bonds. The topological polar surface area (TPSA) is 0 Å². The van der Waals surface area contributed by atoms with E-state index in [1.54, 1.807) is 22.7 Å². The van der Waals surface area contributed by atoms with Crippen LogP contribution >= 0.6 is 45.3 Å². The average Bonchev–Trinajstić information content (AvgIpc) is 3.44. The van der Waals surface area contributed by atoms with Gasteiger partial charge in [-0.25, -0.2) is 0 Å². The van der Waals surface area contributed by atoms with Crippen molar-refractivity contribution < 1.29 is 0 Å². The van der Waals surface area contributed by atoms with Gasteiger partial charge in [0.25, 0.3) is 0 Å². The highest BCUT2D eigenvalue weighted by molar-refractivity contribution is 7.22. The molecule has 4 heteroatoms. The van der Waals surface area contributed by atoms with Gasteiger partial charge in [0.05, 0.1) is 0 Å². The largest absolute Gasteiger partial charge is 0.144 e. The van der Waals surface area contributed by atoms with Gasteiger partial charge in [-0.05, 0) is 71.5 Å². The summed E-state index contributed by atoms with van der Waals surface area (Å²) in [5.41, 5.74) is 0. The van der Waals surface area contributed by atoms with E-state index in [4.69, 9.17) is 0 Å². The predicted octanol–water partition coefficient (Wildman–Crippen LogP) is 8.58. The van der Waals surface area contributed by atoms with Crippen LogP contribution in [0, 0.1) is 0 Å². The lowest BCUT2D eigenvalue weighted by atomic mass is 10.1. The van der Waals surface area contributed by atoms with E-state index in [2.05, 4.69) is 83.6 Å². The molecule has 126 valence electrons. The number of thiophene rings is 4. The second kappa shape index (κ2) is 6.97. The third-order valence-corrected chi connectivity index (χ3v) is 7.95. The first kappa shape index (κ1) is 16.2. The maximum Gasteiger partial charge on any atom is 0.0356 e. The van der Waals surface area contributed by atoms with Gasteiger partial charge in [0.15, 0.2) is 0 Å². The molecule has 0 unspecified atom stereocenters. The molecule has 26 heavy (non-hydrogen) atoms. The number of rotatable bonds is 4. The van der Waals surface area contributed by atoms with E-state index in [0.717, 1.165) is 0 Å². The van der Waals surface area contributed by atoms with Crippen molar-refractivity contribution in [1.29, 1.82) is 0 Å². The standard InChI is InChI=1S/C22H14S4/c1-3-15(23-11-1)5-7-17-13-19-20-14-18(8-6-16-4-2-12-24-16)26-22(20)10-9-21(19)25-17/h1-14H/b7-5+,8-6+. The zero-order chi connectivity index (χ0) is 17.3. The molecule has 0 aliphatic heterocycles. The summed E-state index contributed by atoms with van der Waals surface area (Å²) in [6.45, 7) is 0. The molecule has 0 atom stereocenters. The molecule has 0 aliphatic carbocycles. The van der Waals surface area contributed by atoms with Crippen molar-refractivity contribution in [3.05, 3.63) is 78.8 Å². The molecular formula is C22H14S4. The van der Waals surface area contributed by atoms with E-state index in [-0.39, 0.29) is 0 Å². The molecule has 0 spiro atoms. The van der Waals surface area contributed by atoms with Gasteiger partial charge in [-0.2, -0.15) is 0 Å². The van der Waals surface area contributed by atoms with Crippen molar-refractivity contribution in [3.8, 4) is 0 Å². The maximum atomic E-state index is 2.33. The van der Waals surface area contributed by atoms with Crippen molar-refractivity contribution in [3.63, 3.8) is 0 Å². The smallest absolute Gasteiger partial charge is 0.0356 e. The number of benzene rings is 1. The molecule has 0 fully saturated rings. The molecule has 0 radical (unpaired) electrons. The molecule has 0 saturated carbocycles. The SMILES string of the molecule is C(=C\c1cc2c(ccc3sc(/C=C/c4cccs4)cc32)s1)/c1cccs1. The molecule has 0 aliphatic rings. The molecule has 0 N–H and O–H groups in total.